The number of nitrogens with one attached hydrogen (secondary N) is 1. The van der Waals surface area contributed by atoms with Crippen LogP contribution in [-0.2, 0) is 11.3 Å². The average molecular weight is 451 g/mol. The molecule has 9 heteroatoms. The van der Waals surface area contributed by atoms with Gasteiger partial charge in [-0.3, -0.25) is 4.79 Å². The molecule has 0 saturated heterocycles. The van der Waals surface area contributed by atoms with Crippen molar-refractivity contribution in [3.8, 4) is 11.5 Å². The maximum atomic E-state index is 12.6. The normalized spacial score (nSPS) is 13.0. The minimum atomic E-state index is -0.491. The van der Waals surface area contributed by atoms with Crippen molar-refractivity contribution in [2.45, 2.75) is 20.5 Å². The van der Waals surface area contributed by atoms with Gasteiger partial charge in [0.05, 0.1) is 5.39 Å². The fraction of sp³-hybridized carbons (Fsp3) is 0.278. The highest BCUT2D eigenvalue weighted by atomic mass is 79.9. The Morgan fingerprint density at radius 1 is 1.30 bits per heavy atom. The molecule has 140 valence electrons. The molecule has 0 bridgehead atoms. The molecule has 0 fully saturated rings. The Morgan fingerprint density at radius 3 is 2.74 bits per heavy atom. The number of carbonyl (C=O) groups is 1. The molecule has 27 heavy (non-hydrogen) atoms. The summed E-state index contributed by atoms with van der Waals surface area (Å²) in [6.07, 6.45) is 0. The molecule has 7 nitrogen and oxygen atoms in total. The second kappa shape index (κ2) is 6.97. The first-order chi connectivity index (χ1) is 12.9. The van der Waals surface area contributed by atoms with E-state index >= 15 is 0 Å². The molecule has 2 aromatic heterocycles. The van der Waals surface area contributed by atoms with Crippen LogP contribution < -0.4 is 15.0 Å². The lowest BCUT2D eigenvalue weighted by Crippen LogP contribution is -2.15. The van der Waals surface area contributed by atoms with Gasteiger partial charge in [0.1, 0.15) is 35.4 Å². The summed E-state index contributed by atoms with van der Waals surface area (Å²) in [7, 11) is 0. The minimum absolute atomic E-state index is 0.0621. The van der Waals surface area contributed by atoms with Crippen molar-refractivity contribution >= 4 is 43.5 Å². The number of nitrogens with zero attached hydrogens (tertiary/aromatic N) is 1. The van der Waals surface area contributed by atoms with E-state index in [0.717, 1.165) is 21.4 Å². The van der Waals surface area contributed by atoms with E-state index < -0.39 is 5.97 Å². The Hall–Kier alpha value is -2.39. The molecule has 0 amide bonds. The van der Waals surface area contributed by atoms with Crippen LogP contribution in [0.25, 0.3) is 10.2 Å². The maximum absolute atomic E-state index is 12.6. The number of carbonyl (C=O) groups excluding carboxylic acids is 1. The number of H-pyrrole nitrogens is 1. The number of rotatable bonds is 3. The SMILES string of the molecule is Cc1nc2sc(C(=O)OCc3cc4c(cc3Br)OCCO4)c(C)c2c(=O)[nH]1. The van der Waals surface area contributed by atoms with Crippen molar-refractivity contribution in [2.75, 3.05) is 13.2 Å². The van der Waals surface area contributed by atoms with Crippen LogP contribution in [-0.4, -0.2) is 29.2 Å². The van der Waals surface area contributed by atoms with E-state index in [1.807, 2.05) is 0 Å². The van der Waals surface area contributed by atoms with Gasteiger partial charge in [-0.1, -0.05) is 15.9 Å². The van der Waals surface area contributed by atoms with Crippen molar-refractivity contribution in [3.05, 3.63) is 48.8 Å². The Balaban J connectivity index is 1.58. The molecule has 3 aromatic rings. The summed E-state index contributed by atoms with van der Waals surface area (Å²) in [4.78, 5) is 32.6. The average Bonchev–Trinajstić information content (AvgIpc) is 2.96. The molecule has 0 spiro atoms. The summed E-state index contributed by atoms with van der Waals surface area (Å²) >= 11 is 4.62. The first kappa shape index (κ1) is 18.0. The molecule has 0 aliphatic carbocycles. The molecule has 4 rings (SSSR count). The van der Waals surface area contributed by atoms with Crippen molar-refractivity contribution in [1.82, 2.24) is 9.97 Å². The summed E-state index contributed by atoms with van der Waals surface area (Å²) in [5.41, 5.74) is 1.09. The number of aryl methyl sites for hydroxylation is 2. The van der Waals surface area contributed by atoms with Gasteiger partial charge in [-0.15, -0.1) is 11.3 Å². The third-order valence-corrected chi connectivity index (χ3v) is 6.08. The molecule has 1 aliphatic heterocycles. The number of hydrogen-bond donors (Lipinski definition) is 1. The Labute approximate surface area is 166 Å². The number of benzene rings is 1. The number of esters is 1. The van der Waals surface area contributed by atoms with Gasteiger partial charge in [0.2, 0.25) is 0 Å². The molecule has 1 aliphatic rings. The van der Waals surface area contributed by atoms with E-state index in [1.165, 1.54) is 0 Å². The van der Waals surface area contributed by atoms with E-state index in [9.17, 15) is 9.59 Å². The molecule has 0 unspecified atom stereocenters. The highest BCUT2D eigenvalue weighted by Gasteiger charge is 2.21. The second-order valence-electron chi connectivity index (χ2n) is 6.05. The standard InChI is InChI=1S/C18H15BrN2O5S/c1-8-14-16(22)20-9(2)21-17(14)27-15(8)18(23)26-7-10-5-12-13(6-11(10)19)25-4-3-24-12/h5-6H,3-4,7H2,1-2H3,(H,20,21,22). The van der Waals surface area contributed by atoms with Gasteiger partial charge in [0.25, 0.3) is 5.56 Å². The number of halogens is 1. The summed E-state index contributed by atoms with van der Waals surface area (Å²) in [6.45, 7) is 4.48. The van der Waals surface area contributed by atoms with Crippen LogP contribution in [0.2, 0.25) is 0 Å². The Kier molecular flexibility index (Phi) is 4.65. The zero-order valence-electron chi connectivity index (χ0n) is 14.6. The smallest absolute Gasteiger partial charge is 0.349 e. The Bertz CT molecular complexity index is 1120. The van der Waals surface area contributed by atoms with E-state index in [4.69, 9.17) is 14.2 Å². The molecular weight excluding hydrogens is 436 g/mol. The van der Waals surface area contributed by atoms with Crippen molar-refractivity contribution in [1.29, 1.82) is 0 Å². The molecule has 0 radical (unpaired) electrons. The molecule has 3 heterocycles. The quantitative estimate of drug-likeness (QED) is 0.614. The molecule has 0 atom stereocenters. The van der Waals surface area contributed by atoms with Crippen LogP contribution in [0.4, 0.5) is 0 Å². The fourth-order valence-electron chi connectivity index (χ4n) is 2.87. The van der Waals surface area contributed by atoms with Gasteiger partial charge in [0, 0.05) is 10.0 Å². The Morgan fingerprint density at radius 2 is 2.00 bits per heavy atom. The van der Waals surface area contributed by atoms with Crippen LogP contribution in [0.15, 0.2) is 21.4 Å². The predicted molar refractivity (Wildman–Crippen MR) is 104 cm³/mol. The first-order valence-corrected chi connectivity index (χ1v) is 9.80. The molecule has 1 N–H and O–H groups in total. The van der Waals surface area contributed by atoms with Gasteiger partial charge in [0.15, 0.2) is 11.5 Å². The summed E-state index contributed by atoms with van der Waals surface area (Å²) in [5.74, 6) is 1.30. The van der Waals surface area contributed by atoms with Crippen molar-refractivity contribution < 1.29 is 19.0 Å². The number of thiophene rings is 1. The lowest BCUT2D eigenvalue weighted by atomic mass is 10.2. The van der Waals surface area contributed by atoms with Gasteiger partial charge in [-0.25, -0.2) is 9.78 Å². The van der Waals surface area contributed by atoms with Crippen molar-refractivity contribution in [3.63, 3.8) is 0 Å². The summed E-state index contributed by atoms with van der Waals surface area (Å²) < 4.78 is 17.3. The summed E-state index contributed by atoms with van der Waals surface area (Å²) in [5, 5.41) is 0.429. The van der Waals surface area contributed by atoms with Crippen molar-refractivity contribution in [2.24, 2.45) is 0 Å². The zero-order chi connectivity index (χ0) is 19.1. The van der Waals surface area contributed by atoms with Crippen LogP contribution in [0.5, 0.6) is 11.5 Å². The third-order valence-electron chi connectivity index (χ3n) is 4.17. The number of fused-ring (bicyclic) bond motifs is 2. The van der Waals surface area contributed by atoms with Gasteiger partial charge in [-0.2, -0.15) is 0 Å². The largest absolute Gasteiger partial charge is 0.486 e. The van der Waals surface area contributed by atoms with Crippen LogP contribution >= 0.6 is 27.3 Å². The number of aromatic nitrogens is 2. The number of aromatic amines is 1. The first-order valence-electron chi connectivity index (χ1n) is 8.19. The third kappa shape index (κ3) is 3.32. The zero-order valence-corrected chi connectivity index (χ0v) is 17.0. The summed E-state index contributed by atoms with van der Waals surface area (Å²) in [6, 6.07) is 3.59. The van der Waals surface area contributed by atoms with E-state index in [-0.39, 0.29) is 12.2 Å². The topological polar surface area (TPSA) is 90.5 Å². The fourth-order valence-corrected chi connectivity index (χ4v) is 4.43. The van der Waals surface area contributed by atoms with Gasteiger partial charge < -0.3 is 19.2 Å². The van der Waals surface area contributed by atoms with Gasteiger partial charge in [-0.05, 0) is 31.5 Å². The second-order valence-corrected chi connectivity index (χ2v) is 7.90. The lowest BCUT2D eigenvalue weighted by Gasteiger charge is -2.19. The molecule has 0 saturated carbocycles. The van der Waals surface area contributed by atoms with E-state index in [2.05, 4.69) is 25.9 Å². The number of ether oxygens (including phenoxy) is 3. The van der Waals surface area contributed by atoms with Gasteiger partial charge >= 0.3 is 5.97 Å². The predicted octanol–water partition coefficient (Wildman–Crippen LogP) is 3.49. The van der Waals surface area contributed by atoms with Crippen LogP contribution in [0.1, 0.15) is 26.6 Å². The lowest BCUT2D eigenvalue weighted by molar-refractivity contribution is 0.0476. The van der Waals surface area contributed by atoms with Crippen LogP contribution in [0.3, 0.4) is 0 Å². The highest BCUT2D eigenvalue weighted by molar-refractivity contribution is 9.10. The van der Waals surface area contributed by atoms with E-state index in [0.29, 0.717) is 51.2 Å². The number of hydrogen-bond acceptors (Lipinski definition) is 7. The minimum Gasteiger partial charge on any atom is -0.486 e. The molecule has 1 aromatic carbocycles. The molecular formula is C18H15BrN2O5S. The van der Waals surface area contributed by atoms with E-state index in [1.54, 1.807) is 26.0 Å². The monoisotopic (exact) mass is 450 g/mol. The maximum Gasteiger partial charge on any atom is 0.349 e. The van der Waals surface area contributed by atoms with Crippen LogP contribution in [0, 0.1) is 13.8 Å². The highest BCUT2D eigenvalue weighted by Crippen LogP contribution is 2.36.